The Hall–Kier alpha value is -1.91. The first-order valence-electron chi connectivity index (χ1n) is 12.0. The third kappa shape index (κ3) is 4.80. The second-order valence-electron chi connectivity index (χ2n) is 10.7. The number of hydrogen-bond donors (Lipinski definition) is 2. The van der Waals surface area contributed by atoms with E-state index in [4.69, 9.17) is 10.1 Å². The summed E-state index contributed by atoms with van der Waals surface area (Å²) in [7, 11) is 0. The Morgan fingerprint density at radius 1 is 1.03 bits per heavy atom. The molecule has 1 saturated heterocycles. The average Bonchev–Trinajstić information content (AvgIpc) is 3.24. The summed E-state index contributed by atoms with van der Waals surface area (Å²) < 4.78 is 0. The number of nitrogens with zero attached hydrogens (tertiary/aromatic N) is 2. The van der Waals surface area contributed by atoms with E-state index in [1.54, 1.807) is 0 Å². The lowest BCUT2D eigenvalue weighted by atomic mass is 9.63. The third-order valence-electron chi connectivity index (χ3n) is 7.41. The number of fused-ring (bicyclic) bond motifs is 1. The molecule has 0 spiro atoms. The molecule has 4 nitrogen and oxygen atoms in total. The highest BCUT2D eigenvalue weighted by Gasteiger charge is 2.37. The first kappa shape index (κ1) is 22.3. The van der Waals surface area contributed by atoms with E-state index < -0.39 is 0 Å². The number of anilines is 1. The summed E-state index contributed by atoms with van der Waals surface area (Å²) in [5.74, 6) is 1.08. The van der Waals surface area contributed by atoms with Crippen LogP contribution in [0.5, 0.6) is 0 Å². The van der Waals surface area contributed by atoms with E-state index in [0.717, 1.165) is 50.4 Å². The van der Waals surface area contributed by atoms with Crippen LogP contribution < -0.4 is 10.2 Å². The Bertz CT molecular complexity index is 905. The smallest absolute Gasteiger partial charge is 0.129 e. The van der Waals surface area contributed by atoms with Gasteiger partial charge in [-0.2, -0.15) is 0 Å². The zero-order valence-corrected chi connectivity index (χ0v) is 19.7. The van der Waals surface area contributed by atoms with Crippen molar-refractivity contribution in [2.45, 2.75) is 76.7 Å². The molecule has 2 aromatic rings. The van der Waals surface area contributed by atoms with E-state index in [0.29, 0.717) is 6.04 Å². The first-order valence-corrected chi connectivity index (χ1v) is 12.0. The maximum Gasteiger partial charge on any atom is 0.129 e. The average molecular weight is 422 g/mol. The van der Waals surface area contributed by atoms with Gasteiger partial charge in [-0.05, 0) is 78.8 Å². The Labute approximate surface area is 188 Å². The van der Waals surface area contributed by atoms with Gasteiger partial charge in [0.1, 0.15) is 5.82 Å². The summed E-state index contributed by atoms with van der Waals surface area (Å²) in [6.45, 7) is 12.8. The molecule has 2 aliphatic rings. The lowest BCUT2D eigenvalue weighted by Gasteiger charge is -2.42. The monoisotopic (exact) mass is 421 g/mol. The van der Waals surface area contributed by atoms with E-state index in [-0.39, 0.29) is 17.4 Å². The van der Waals surface area contributed by atoms with Crippen molar-refractivity contribution >= 4 is 5.82 Å². The predicted molar refractivity (Wildman–Crippen MR) is 130 cm³/mol. The van der Waals surface area contributed by atoms with Gasteiger partial charge in [0.2, 0.25) is 0 Å². The van der Waals surface area contributed by atoms with Gasteiger partial charge in [0.15, 0.2) is 0 Å². The summed E-state index contributed by atoms with van der Waals surface area (Å²) in [4.78, 5) is 7.47. The molecule has 2 heterocycles. The van der Waals surface area contributed by atoms with Crippen molar-refractivity contribution in [2.75, 3.05) is 31.1 Å². The highest BCUT2D eigenvalue weighted by atomic mass is 16.2. The van der Waals surface area contributed by atoms with Crippen molar-refractivity contribution < 1.29 is 5.11 Å². The van der Waals surface area contributed by atoms with Gasteiger partial charge in [0.25, 0.3) is 0 Å². The van der Waals surface area contributed by atoms with Gasteiger partial charge >= 0.3 is 0 Å². The second-order valence-corrected chi connectivity index (χ2v) is 10.7. The van der Waals surface area contributed by atoms with Gasteiger partial charge in [-0.25, -0.2) is 4.98 Å². The Kier molecular flexibility index (Phi) is 6.41. The first-order chi connectivity index (χ1) is 14.8. The molecule has 2 N–H and O–H groups in total. The van der Waals surface area contributed by atoms with E-state index in [2.05, 4.69) is 74.3 Å². The summed E-state index contributed by atoms with van der Waals surface area (Å²) in [6, 6.07) is 14.0. The topological polar surface area (TPSA) is 48.4 Å². The van der Waals surface area contributed by atoms with Crippen LogP contribution in [0.15, 0.2) is 36.4 Å². The van der Waals surface area contributed by atoms with Crippen molar-refractivity contribution in [2.24, 2.45) is 0 Å². The minimum Gasteiger partial charge on any atom is -0.396 e. The number of rotatable bonds is 7. The molecular formula is C27H39N3O. The molecule has 1 aromatic heterocycles. The Morgan fingerprint density at radius 3 is 2.58 bits per heavy atom. The molecule has 0 amide bonds. The summed E-state index contributed by atoms with van der Waals surface area (Å²) in [5.41, 5.74) is 5.73. The molecule has 0 radical (unpaired) electrons. The molecule has 1 aliphatic heterocycles. The Morgan fingerprint density at radius 2 is 1.81 bits per heavy atom. The fourth-order valence-electron chi connectivity index (χ4n) is 5.19. The van der Waals surface area contributed by atoms with Crippen molar-refractivity contribution in [1.29, 1.82) is 0 Å². The normalized spacial score (nSPS) is 21.8. The van der Waals surface area contributed by atoms with Gasteiger partial charge in [-0.3, -0.25) is 0 Å². The molecule has 1 fully saturated rings. The van der Waals surface area contributed by atoms with E-state index in [1.807, 2.05) is 0 Å². The van der Waals surface area contributed by atoms with Crippen molar-refractivity contribution in [3.8, 4) is 11.3 Å². The number of benzene rings is 1. The number of aromatic nitrogens is 1. The fourth-order valence-corrected chi connectivity index (χ4v) is 5.19. The molecular weight excluding hydrogens is 382 g/mol. The third-order valence-corrected chi connectivity index (χ3v) is 7.41. The van der Waals surface area contributed by atoms with Crippen LogP contribution in [0.1, 0.15) is 70.9 Å². The highest BCUT2D eigenvalue weighted by Crippen LogP contribution is 2.46. The van der Waals surface area contributed by atoms with Crippen LogP contribution in [-0.2, 0) is 10.8 Å². The van der Waals surface area contributed by atoms with Gasteiger partial charge in [-0.15, -0.1) is 0 Å². The minimum absolute atomic E-state index is 0.211. The number of aliphatic hydroxyl groups is 1. The van der Waals surface area contributed by atoms with Crippen molar-refractivity contribution in [1.82, 2.24) is 10.3 Å². The highest BCUT2D eigenvalue weighted by molar-refractivity contribution is 5.65. The summed E-state index contributed by atoms with van der Waals surface area (Å²) in [6.07, 6.45) is 5.52. The summed E-state index contributed by atoms with van der Waals surface area (Å²) >= 11 is 0. The zero-order chi connectivity index (χ0) is 22.1. The molecule has 0 saturated carbocycles. The van der Waals surface area contributed by atoms with Gasteiger partial charge in [-0.1, -0.05) is 45.9 Å². The molecule has 0 bridgehead atoms. The Balaban J connectivity index is 1.52. The molecule has 1 unspecified atom stereocenters. The summed E-state index contributed by atoms with van der Waals surface area (Å²) in [5, 5.41) is 12.6. The number of aliphatic hydroxyl groups excluding tert-OH is 1. The molecule has 4 heteroatoms. The molecule has 168 valence electrons. The second kappa shape index (κ2) is 8.91. The van der Waals surface area contributed by atoms with Crippen LogP contribution in [0.25, 0.3) is 11.3 Å². The molecule has 4 rings (SSSR count). The predicted octanol–water partition coefficient (Wildman–Crippen LogP) is 5.04. The van der Waals surface area contributed by atoms with Gasteiger partial charge in [0, 0.05) is 31.3 Å². The van der Waals surface area contributed by atoms with Crippen LogP contribution >= 0.6 is 0 Å². The van der Waals surface area contributed by atoms with E-state index in [9.17, 15) is 0 Å². The lowest BCUT2D eigenvalue weighted by molar-refractivity contribution is 0.283. The van der Waals surface area contributed by atoms with Gasteiger partial charge in [0.05, 0.1) is 5.69 Å². The van der Waals surface area contributed by atoms with E-state index >= 15 is 0 Å². The van der Waals surface area contributed by atoms with E-state index in [1.165, 1.54) is 29.5 Å². The maximum atomic E-state index is 8.94. The minimum atomic E-state index is 0.211. The van der Waals surface area contributed by atoms with Crippen LogP contribution in [0, 0.1) is 0 Å². The molecule has 31 heavy (non-hydrogen) atoms. The van der Waals surface area contributed by atoms with Crippen molar-refractivity contribution in [3.05, 3.63) is 47.5 Å². The fraction of sp³-hybridized carbons (Fsp3) is 0.593. The molecule has 1 aromatic carbocycles. The van der Waals surface area contributed by atoms with Crippen LogP contribution in [-0.4, -0.2) is 42.4 Å². The van der Waals surface area contributed by atoms with Crippen LogP contribution in [0.3, 0.4) is 0 Å². The quantitative estimate of drug-likeness (QED) is 0.615. The molecule has 1 aliphatic carbocycles. The van der Waals surface area contributed by atoms with Crippen molar-refractivity contribution in [3.63, 3.8) is 0 Å². The standard InChI is InChI=1S/C27H39N3O/c1-26(2)13-14-27(3,4)23-18-20(10-11-22(23)26)24-8-7-9-25(29-24)30-16-12-21(19-30)28-15-5-6-17-31/h7-11,18,21,28,31H,5-6,12-17,19H2,1-4H3. The number of pyridine rings is 1. The SMILES string of the molecule is CC1(C)CCC(C)(C)c2cc(-c3cccc(N4CCC(NCCCCO)C4)n3)ccc21. The lowest BCUT2D eigenvalue weighted by Crippen LogP contribution is -2.33. The largest absolute Gasteiger partial charge is 0.396 e. The van der Waals surface area contributed by atoms with Crippen LogP contribution in [0.4, 0.5) is 5.82 Å². The number of nitrogens with one attached hydrogen (secondary N) is 1. The number of unbranched alkanes of at least 4 members (excludes halogenated alkanes) is 1. The van der Waals surface area contributed by atoms with Gasteiger partial charge < -0.3 is 15.3 Å². The molecule has 1 atom stereocenters. The van der Waals surface area contributed by atoms with Crippen LogP contribution in [0.2, 0.25) is 0 Å². The maximum absolute atomic E-state index is 8.94. The number of hydrogen-bond acceptors (Lipinski definition) is 4. The zero-order valence-electron chi connectivity index (χ0n) is 19.7.